The Morgan fingerprint density at radius 2 is 1.75 bits per heavy atom. The van der Waals surface area contributed by atoms with Crippen LogP contribution in [0.4, 0.5) is 0 Å². The van der Waals surface area contributed by atoms with Gasteiger partial charge < -0.3 is 4.90 Å². The Morgan fingerprint density at radius 3 is 2.29 bits per heavy atom. The number of aromatic nitrogens is 4. The molecule has 0 bridgehead atoms. The summed E-state index contributed by atoms with van der Waals surface area (Å²) in [4.78, 5) is 14.6. The first-order valence-corrected chi connectivity index (χ1v) is 10.5. The van der Waals surface area contributed by atoms with Crippen LogP contribution in [0.25, 0.3) is 5.69 Å². The molecule has 0 spiro atoms. The largest absolute Gasteiger partial charge is 0.339 e. The van der Waals surface area contributed by atoms with Gasteiger partial charge in [-0.3, -0.25) is 4.79 Å². The average molecular weight is 399 g/mol. The first-order valence-electron chi connectivity index (χ1n) is 8.63. The minimum absolute atomic E-state index is 0.0325. The van der Waals surface area contributed by atoms with Gasteiger partial charge >= 0.3 is 0 Å². The SMILES string of the molecule is CC(c1ccc(S(C)(=O)=O)cc1)N(C)C(=O)Cc1ccc(-n2cnnn2)cc1. The molecule has 146 valence electrons. The van der Waals surface area contributed by atoms with E-state index in [1.54, 1.807) is 40.9 Å². The van der Waals surface area contributed by atoms with E-state index in [-0.39, 0.29) is 23.3 Å². The zero-order chi connectivity index (χ0) is 20.3. The lowest BCUT2D eigenvalue weighted by Gasteiger charge is -2.25. The molecule has 1 unspecified atom stereocenters. The molecular weight excluding hydrogens is 378 g/mol. The molecule has 0 N–H and O–H groups in total. The van der Waals surface area contributed by atoms with Crippen molar-refractivity contribution >= 4 is 15.7 Å². The highest BCUT2D eigenvalue weighted by atomic mass is 32.2. The topological polar surface area (TPSA) is 98.1 Å². The van der Waals surface area contributed by atoms with Crippen LogP contribution in [0, 0.1) is 0 Å². The number of nitrogens with zero attached hydrogens (tertiary/aromatic N) is 5. The predicted octanol–water partition coefficient (Wildman–Crippen LogP) is 1.83. The molecule has 0 aliphatic rings. The molecule has 1 aromatic heterocycles. The number of benzene rings is 2. The molecule has 0 fully saturated rings. The van der Waals surface area contributed by atoms with Crippen molar-refractivity contribution < 1.29 is 13.2 Å². The van der Waals surface area contributed by atoms with Crippen molar-refractivity contribution in [2.75, 3.05) is 13.3 Å². The molecule has 3 rings (SSSR count). The zero-order valence-electron chi connectivity index (χ0n) is 15.8. The summed E-state index contributed by atoms with van der Waals surface area (Å²) in [5.74, 6) is -0.0325. The quantitative estimate of drug-likeness (QED) is 0.627. The first kappa shape index (κ1) is 19.7. The van der Waals surface area contributed by atoms with Gasteiger partial charge in [-0.25, -0.2) is 13.1 Å². The summed E-state index contributed by atoms with van der Waals surface area (Å²) >= 11 is 0. The maximum absolute atomic E-state index is 12.7. The lowest BCUT2D eigenvalue weighted by atomic mass is 10.1. The van der Waals surface area contributed by atoms with Crippen LogP contribution in [0.5, 0.6) is 0 Å². The van der Waals surface area contributed by atoms with Crippen molar-refractivity contribution in [3.05, 3.63) is 66.0 Å². The highest BCUT2D eigenvalue weighted by Crippen LogP contribution is 2.22. The molecular formula is C19H21N5O3S. The number of amides is 1. The summed E-state index contributed by atoms with van der Waals surface area (Å²) in [7, 11) is -1.49. The van der Waals surface area contributed by atoms with Crippen molar-refractivity contribution in [1.82, 2.24) is 25.1 Å². The molecule has 0 saturated carbocycles. The minimum Gasteiger partial charge on any atom is -0.339 e. The van der Waals surface area contributed by atoms with Crippen LogP contribution in [0.2, 0.25) is 0 Å². The van der Waals surface area contributed by atoms with Gasteiger partial charge in [-0.15, -0.1) is 5.10 Å². The van der Waals surface area contributed by atoms with Gasteiger partial charge in [-0.1, -0.05) is 24.3 Å². The van der Waals surface area contributed by atoms with E-state index in [9.17, 15) is 13.2 Å². The Kier molecular flexibility index (Phi) is 5.55. The molecule has 1 heterocycles. The first-order chi connectivity index (χ1) is 13.3. The van der Waals surface area contributed by atoms with E-state index in [1.165, 1.54) is 12.6 Å². The second-order valence-corrected chi connectivity index (χ2v) is 8.64. The summed E-state index contributed by atoms with van der Waals surface area (Å²) in [5, 5.41) is 11.0. The van der Waals surface area contributed by atoms with Gasteiger partial charge in [0.1, 0.15) is 6.33 Å². The Morgan fingerprint density at radius 1 is 1.11 bits per heavy atom. The van der Waals surface area contributed by atoms with Crippen molar-refractivity contribution in [2.45, 2.75) is 24.3 Å². The maximum atomic E-state index is 12.7. The Bertz CT molecular complexity index is 1050. The summed E-state index contributed by atoms with van der Waals surface area (Å²) in [6, 6.07) is 13.9. The number of carbonyl (C=O) groups excluding carboxylic acids is 1. The summed E-state index contributed by atoms with van der Waals surface area (Å²) in [5.41, 5.74) is 2.57. The third kappa shape index (κ3) is 4.42. The second-order valence-electron chi connectivity index (χ2n) is 6.62. The second kappa shape index (κ2) is 7.89. The number of carbonyl (C=O) groups is 1. The summed E-state index contributed by atoms with van der Waals surface area (Å²) < 4.78 is 24.7. The fraction of sp³-hybridized carbons (Fsp3) is 0.263. The van der Waals surface area contributed by atoms with Crippen molar-refractivity contribution in [3.8, 4) is 5.69 Å². The lowest BCUT2D eigenvalue weighted by molar-refractivity contribution is -0.131. The number of hydrogen-bond donors (Lipinski definition) is 0. The van der Waals surface area contributed by atoms with Crippen molar-refractivity contribution in [1.29, 1.82) is 0 Å². The highest BCUT2D eigenvalue weighted by molar-refractivity contribution is 7.90. The number of hydrogen-bond acceptors (Lipinski definition) is 6. The van der Waals surface area contributed by atoms with Crippen LogP contribution >= 0.6 is 0 Å². The number of tetrazole rings is 1. The van der Waals surface area contributed by atoms with E-state index >= 15 is 0 Å². The predicted molar refractivity (Wildman–Crippen MR) is 104 cm³/mol. The normalized spacial score (nSPS) is 12.5. The van der Waals surface area contributed by atoms with Gasteiger partial charge in [-0.2, -0.15) is 0 Å². The van der Waals surface area contributed by atoms with E-state index < -0.39 is 9.84 Å². The molecule has 1 atom stereocenters. The molecule has 0 radical (unpaired) electrons. The molecule has 0 saturated heterocycles. The molecule has 0 aliphatic heterocycles. The molecule has 8 nitrogen and oxygen atoms in total. The van der Waals surface area contributed by atoms with Gasteiger partial charge in [-0.05, 0) is 52.7 Å². The van der Waals surface area contributed by atoms with Crippen LogP contribution < -0.4 is 0 Å². The number of likely N-dealkylation sites (N-methyl/N-ethyl adjacent to an activating group) is 1. The average Bonchev–Trinajstić information content (AvgIpc) is 3.21. The molecule has 0 aliphatic carbocycles. The Labute approximate surface area is 163 Å². The van der Waals surface area contributed by atoms with Gasteiger partial charge in [0.05, 0.1) is 23.0 Å². The molecule has 3 aromatic rings. The van der Waals surface area contributed by atoms with Crippen LogP contribution in [-0.4, -0.2) is 52.7 Å². The van der Waals surface area contributed by atoms with Crippen LogP contribution in [0.15, 0.2) is 59.8 Å². The van der Waals surface area contributed by atoms with Crippen LogP contribution in [0.3, 0.4) is 0 Å². The van der Waals surface area contributed by atoms with Gasteiger partial charge in [0.25, 0.3) is 0 Å². The molecule has 2 aromatic carbocycles. The minimum atomic E-state index is -3.24. The lowest BCUT2D eigenvalue weighted by Crippen LogP contribution is -2.31. The standard InChI is InChI=1S/C19H21N5O3S/c1-14(16-6-10-18(11-7-16)28(3,26)27)23(2)19(25)12-15-4-8-17(9-5-15)24-13-20-21-22-24/h4-11,13-14H,12H2,1-3H3. The summed E-state index contributed by atoms with van der Waals surface area (Å²) in [6.45, 7) is 1.91. The third-order valence-corrected chi connectivity index (χ3v) is 5.80. The molecule has 9 heteroatoms. The van der Waals surface area contributed by atoms with Crippen molar-refractivity contribution in [3.63, 3.8) is 0 Å². The van der Waals surface area contributed by atoms with E-state index in [0.717, 1.165) is 16.8 Å². The third-order valence-electron chi connectivity index (χ3n) is 4.67. The van der Waals surface area contributed by atoms with Gasteiger partial charge in [0.2, 0.25) is 5.91 Å². The number of rotatable bonds is 6. The smallest absolute Gasteiger partial charge is 0.227 e. The zero-order valence-corrected chi connectivity index (χ0v) is 16.7. The molecule has 28 heavy (non-hydrogen) atoms. The Balaban J connectivity index is 1.66. The van der Waals surface area contributed by atoms with E-state index in [2.05, 4.69) is 15.5 Å². The fourth-order valence-electron chi connectivity index (χ4n) is 2.78. The maximum Gasteiger partial charge on any atom is 0.227 e. The number of sulfone groups is 1. The van der Waals surface area contributed by atoms with E-state index in [1.807, 2.05) is 31.2 Å². The van der Waals surface area contributed by atoms with Gasteiger partial charge in [0.15, 0.2) is 9.84 Å². The van der Waals surface area contributed by atoms with Crippen LogP contribution in [0.1, 0.15) is 24.1 Å². The van der Waals surface area contributed by atoms with Crippen LogP contribution in [-0.2, 0) is 21.1 Å². The monoisotopic (exact) mass is 399 g/mol. The fourth-order valence-corrected chi connectivity index (χ4v) is 3.41. The molecule has 1 amide bonds. The van der Waals surface area contributed by atoms with Crippen molar-refractivity contribution in [2.24, 2.45) is 0 Å². The summed E-state index contributed by atoms with van der Waals surface area (Å²) in [6.07, 6.45) is 2.94. The van der Waals surface area contributed by atoms with Gasteiger partial charge in [0, 0.05) is 13.3 Å². The van der Waals surface area contributed by atoms with E-state index in [0.29, 0.717) is 0 Å². The Hall–Kier alpha value is -3.07. The van der Waals surface area contributed by atoms with E-state index in [4.69, 9.17) is 0 Å². The highest BCUT2D eigenvalue weighted by Gasteiger charge is 2.18.